The van der Waals surface area contributed by atoms with Crippen LogP contribution in [-0.4, -0.2) is 11.1 Å². The van der Waals surface area contributed by atoms with Crippen molar-refractivity contribution in [2.75, 3.05) is 0 Å². The van der Waals surface area contributed by atoms with Gasteiger partial charge >= 0.3 is 5.97 Å². The summed E-state index contributed by atoms with van der Waals surface area (Å²) >= 11 is 0. The molecule has 8 atom stereocenters. The van der Waals surface area contributed by atoms with E-state index in [1.165, 1.54) is 56.9 Å². The van der Waals surface area contributed by atoms with Gasteiger partial charge in [-0.05, 0) is 116 Å². The molecule has 0 aromatic heterocycles. The molecule has 2 heteroatoms. The van der Waals surface area contributed by atoms with Gasteiger partial charge in [0.2, 0.25) is 0 Å². The predicted molar refractivity (Wildman–Crippen MR) is 133 cm³/mol. The van der Waals surface area contributed by atoms with Gasteiger partial charge in [-0.25, -0.2) is 0 Å². The lowest BCUT2D eigenvalue weighted by Crippen LogP contribution is -2.50. The van der Waals surface area contributed by atoms with Crippen molar-refractivity contribution in [2.24, 2.45) is 52.3 Å². The normalized spacial score (nSPS) is 41.9. The van der Waals surface area contributed by atoms with Crippen LogP contribution in [0.5, 0.6) is 0 Å². The molecule has 4 rings (SSSR count). The standard InChI is InChI=1S/C30H48O2/c1-19(2)20(3)7-8-21(4)25-11-12-26-24-10-9-23-17-22(18-28(31)32)13-15-29(23,5)27(24)14-16-30(25,26)6/h9,19,21-22,24-27H,3,7-8,10-18H2,1-2,4-6H3,(H,31,32)/t21-,22?,24+,25-,26+,27+,29+,30-/m1/s1. The van der Waals surface area contributed by atoms with Crippen LogP contribution in [0.25, 0.3) is 0 Å². The number of hydrogen-bond acceptors (Lipinski definition) is 1. The van der Waals surface area contributed by atoms with Gasteiger partial charge in [-0.15, -0.1) is 0 Å². The Morgan fingerprint density at radius 1 is 1.12 bits per heavy atom. The first-order valence-corrected chi connectivity index (χ1v) is 13.6. The van der Waals surface area contributed by atoms with Crippen molar-refractivity contribution in [3.05, 3.63) is 23.8 Å². The molecule has 2 nitrogen and oxygen atoms in total. The molecule has 1 unspecified atom stereocenters. The van der Waals surface area contributed by atoms with E-state index in [0.717, 1.165) is 42.4 Å². The van der Waals surface area contributed by atoms with Crippen LogP contribution in [0.3, 0.4) is 0 Å². The second kappa shape index (κ2) is 8.95. The van der Waals surface area contributed by atoms with E-state index in [4.69, 9.17) is 0 Å². The van der Waals surface area contributed by atoms with E-state index in [1.54, 1.807) is 5.57 Å². The first-order valence-electron chi connectivity index (χ1n) is 13.6. The summed E-state index contributed by atoms with van der Waals surface area (Å²) in [6.07, 6.45) is 15.7. The summed E-state index contributed by atoms with van der Waals surface area (Å²) in [5, 5.41) is 9.29. The van der Waals surface area contributed by atoms with E-state index in [-0.39, 0.29) is 0 Å². The Morgan fingerprint density at radius 3 is 2.56 bits per heavy atom. The highest BCUT2D eigenvalue weighted by atomic mass is 16.4. The quantitative estimate of drug-likeness (QED) is 0.404. The smallest absolute Gasteiger partial charge is 0.303 e. The summed E-state index contributed by atoms with van der Waals surface area (Å²) in [4.78, 5) is 11.3. The van der Waals surface area contributed by atoms with Gasteiger partial charge in [-0.1, -0.05) is 58.4 Å². The van der Waals surface area contributed by atoms with Crippen LogP contribution in [0.4, 0.5) is 0 Å². The third kappa shape index (κ3) is 4.14. The molecule has 3 fully saturated rings. The Hall–Kier alpha value is -1.05. The molecule has 0 saturated heterocycles. The third-order valence-electron chi connectivity index (χ3n) is 11.2. The van der Waals surface area contributed by atoms with Crippen LogP contribution in [0, 0.1) is 52.3 Å². The molecule has 0 amide bonds. The summed E-state index contributed by atoms with van der Waals surface area (Å²) in [6, 6.07) is 0. The van der Waals surface area contributed by atoms with E-state index in [0.29, 0.717) is 29.1 Å². The Labute approximate surface area is 197 Å². The lowest BCUT2D eigenvalue weighted by molar-refractivity contribution is -0.138. The van der Waals surface area contributed by atoms with E-state index in [9.17, 15) is 9.90 Å². The molecule has 0 aliphatic heterocycles. The number of aliphatic carboxylic acids is 1. The second-order valence-electron chi connectivity index (χ2n) is 13.0. The molecule has 4 aliphatic rings. The number of fused-ring (bicyclic) bond motifs is 5. The Morgan fingerprint density at radius 2 is 1.88 bits per heavy atom. The minimum Gasteiger partial charge on any atom is -0.481 e. The molecule has 0 aromatic carbocycles. The summed E-state index contributed by atoms with van der Waals surface area (Å²) in [6.45, 7) is 16.6. The molecule has 32 heavy (non-hydrogen) atoms. The molecular formula is C30H48O2. The molecule has 0 radical (unpaired) electrons. The van der Waals surface area contributed by atoms with Gasteiger partial charge in [-0.2, -0.15) is 0 Å². The molecule has 1 N–H and O–H groups in total. The average molecular weight is 441 g/mol. The van der Waals surface area contributed by atoms with Crippen molar-refractivity contribution in [1.29, 1.82) is 0 Å². The number of hydrogen-bond donors (Lipinski definition) is 1. The first kappa shape index (κ1) is 24.1. The van der Waals surface area contributed by atoms with Crippen molar-refractivity contribution in [3.63, 3.8) is 0 Å². The Kier molecular flexibility index (Phi) is 6.74. The largest absolute Gasteiger partial charge is 0.481 e. The van der Waals surface area contributed by atoms with Crippen LogP contribution in [0.1, 0.15) is 105 Å². The highest BCUT2D eigenvalue weighted by molar-refractivity contribution is 5.67. The van der Waals surface area contributed by atoms with Crippen LogP contribution in [-0.2, 0) is 4.79 Å². The van der Waals surface area contributed by atoms with Crippen LogP contribution in [0.2, 0.25) is 0 Å². The molecule has 0 heterocycles. The molecule has 180 valence electrons. The third-order valence-corrected chi connectivity index (χ3v) is 11.2. The second-order valence-corrected chi connectivity index (χ2v) is 13.0. The van der Waals surface area contributed by atoms with E-state index in [2.05, 4.69) is 47.3 Å². The predicted octanol–water partition coefficient (Wildman–Crippen LogP) is 8.28. The number of carbonyl (C=O) groups is 1. The van der Waals surface area contributed by atoms with Gasteiger partial charge in [0.05, 0.1) is 0 Å². The van der Waals surface area contributed by atoms with Gasteiger partial charge in [0.1, 0.15) is 0 Å². The molecule has 0 aromatic rings. The summed E-state index contributed by atoms with van der Waals surface area (Å²) in [7, 11) is 0. The van der Waals surface area contributed by atoms with E-state index < -0.39 is 5.97 Å². The molecule has 4 aliphatic carbocycles. The minimum absolute atomic E-state index is 0.331. The van der Waals surface area contributed by atoms with Crippen molar-refractivity contribution in [1.82, 2.24) is 0 Å². The number of allylic oxidation sites excluding steroid dienone is 3. The average Bonchev–Trinajstić information content (AvgIpc) is 3.08. The Balaban J connectivity index is 1.47. The maximum Gasteiger partial charge on any atom is 0.303 e. The SMILES string of the molecule is C=C(CC[C@@H](C)[C@H]1CC[C@H]2[C@@H]3CC=C4CC(CC(=O)O)CC[C@]4(C)[C@H]3CC[C@]12C)C(C)C. The maximum absolute atomic E-state index is 11.3. The molecule has 3 saturated carbocycles. The first-order chi connectivity index (χ1) is 15.1. The van der Waals surface area contributed by atoms with Gasteiger partial charge in [-0.3, -0.25) is 4.79 Å². The molecular weight excluding hydrogens is 392 g/mol. The zero-order valence-electron chi connectivity index (χ0n) is 21.5. The van der Waals surface area contributed by atoms with Crippen molar-refractivity contribution in [3.8, 4) is 0 Å². The zero-order chi connectivity index (χ0) is 23.3. The van der Waals surface area contributed by atoms with Gasteiger partial charge in [0.25, 0.3) is 0 Å². The van der Waals surface area contributed by atoms with Crippen molar-refractivity contribution in [2.45, 2.75) is 105 Å². The van der Waals surface area contributed by atoms with Gasteiger partial charge in [0, 0.05) is 6.42 Å². The van der Waals surface area contributed by atoms with Crippen LogP contribution in [0.15, 0.2) is 23.8 Å². The Bertz CT molecular complexity index is 763. The monoisotopic (exact) mass is 440 g/mol. The minimum atomic E-state index is -0.621. The lowest BCUT2D eigenvalue weighted by atomic mass is 9.46. The highest BCUT2D eigenvalue weighted by Crippen LogP contribution is 2.67. The van der Waals surface area contributed by atoms with Crippen molar-refractivity contribution >= 4 is 5.97 Å². The zero-order valence-corrected chi connectivity index (χ0v) is 21.5. The maximum atomic E-state index is 11.3. The fraction of sp³-hybridized carbons (Fsp3) is 0.833. The fourth-order valence-corrected chi connectivity index (χ4v) is 9.04. The fourth-order valence-electron chi connectivity index (χ4n) is 9.04. The van der Waals surface area contributed by atoms with Gasteiger partial charge in [0.15, 0.2) is 0 Å². The topological polar surface area (TPSA) is 37.3 Å². The number of carboxylic acids is 1. The summed E-state index contributed by atoms with van der Waals surface area (Å²) in [5.74, 6) is 4.57. The van der Waals surface area contributed by atoms with Crippen LogP contribution < -0.4 is 0 Å². The lowest BCUT2D eigenvalue weighted by Gasteiger charge is -2.58. The molecule has 0 spiro atoms. The number of rotatable bonds is 7. The highest BCUT2D eigenvalue weighted by Gasteiger charge is 2.59. The number of carboxylic acid groups (broad SMARTS) is 1. The van der Waals surface area contributed by atoms with E-state index in [1.807, 2.05) is 0 Å². The van der Waals surface area contributed by atoms with Crippen LogP contribution >= 0.6 is 0 Å². The van der Waals surface area contributed by atoms with Gasteiger partial charge < -0.3 is 5.11 Å². The van der Waals surface area contributed by atoms with Crippen molar-refractivity contribution < 1.29 is 9.90 Å². The van der Waals surface area contributed by atoms with E-state index >= 15 is 0 Å². The summed E-state index contributed by atoms with van der Waals surface area (Å²) in [5.41, 5.74) is 3.89. The molecule has 0 bridgehead atoms. The summed E-state index contributed by atoms with van der Waals surface area (Å²) < 4.78 is 0.